The minimum Gasteiger partial charge on any atom is -0.508 e. The molecule has 0 aromatic heterocycles. The first-order valence-corrected chi connectivity index (χ1v) is 11.0. The maximum Gasteiger partial charge on any atom is 0.244 e. The summed E-state index contributed by atoms with van der Waals surface area (Å²) in [5.41, 5.74) is 5.97. The number of phenols is 1. The molecule has 4 rings (SSSR count). The van der Waals surface area contributed by atoms with Crippen LogP contribution < -0.4 is 16.4 Å². The maximum atomic E-state index is 13.8. The van der Waals surface area contributed by atoms with E-state index in [0.717, 1.165) is 30.4 Å². The van der Waals surface area contributed by atoms with Gasteiger partial charge >= 0.3 is 0 Å². The van der Waals surface area contributed by atoms with Gasteiger partial charge in [-0.25, -0.2) is 0 Å². The Hall–Kier alpha value is -3.53. The number of phenolic OH excluding ortho intramolecular Hbond substituents is 1. The predicted octanol–water partition coefficient (Wildman–Crippen LogP) is 2.79. The molecule has 7 heteroatoms. The summed E-state index contributed by atoms with van der Waals surface area (Å²) in [6, 6.07) is 15.9. The topological polar surface area (TPSA) is 128 Å². The van der Waals surface area contributed by atoms with Crippen molar-refractivity contribution in [3.63, 3.8) is 0 Å². The third-order valence-corrected chi connectivity index (χ3v) is 7.02. The number of carbonyl (C=O) groups excluding carboxylic acids is 2. The molecular weight excluding hydrogens is 404 g/mol. The van der Waals surface area contributed by atoms with E-state index in [1.165, 1.54) is 0 Å². The molecule has 2 aliphatic rings. The number of aromatic hydroxyl groups is 1. The second-order valence-electron chi connectivity index (χ2n) is 8.90. The van der Waals surface area contributed by atoms with Crippen molar-refractivity contribution in [2.75, 3.05) is 5.32 Å². The van der Waals surface area contributed by atoms with Gasteiger partial charge in [0.1, 0.15) is 17.3 Å². The van der Waals surface area contributed by atoms with E-state index in [9.17, 15) is 20.0 Å². The third kappa shape index (κ3) is 3.66. The van der Waals surface area contributed by atoms with E-state index in [-0.39, 0.29) is 18.1 Å². The Morgan fingerprint density at radius 3 is 2.53 bits per heavy atom. The van der Waals surface area contributed by atoms with Gasteiger partial charge in [0.15, 0.2) is 0 Å². The van der Waals surface area contributed by atoms with Crippen LogP contribution in [-0.2, 0) is 22.4 Å². The van der Waals surface area contributed by atoms with E-state index in [4.69, 9.17) is 5.73 Å². The van der Waals surface area contributed by atoms with Crippen molar-refractivity contribution in [1.29, 1.82) is 5.26 Å². The third-order valence-electron chi connectivity index (χ3n) is 7.02. The van der Waals surface area contributed by atoms with Crippen LogP contribution in [0.4, 0.5) is 5.69 Å². The molecule has 0 radical (unpaired) electrons. The Labute approximate surface area is 187 Å². The molecule has 5 N–H and O–H groups in total. The van der Waals surface area contributed by atoms with Gasteiger partial charge in [0.25, 0.3) is 0 Å². The van der Waals surface area contributed by atoms with Crippen LogP contribution in [0.2, 0.25) is 0 Å². The summed E-state index contributed by atoms with van der Waals surface area (Å²) in [5, 5.41) is 25.8. The van der Waals surface area contributed by atoms with E-state index in [2.05, 4.69) is 16.7 Å². The summed E-state index contributed by atoms with van der Waals surface area (Å²) >= 11 is 0. The van der Waals surface area contributed by atoms with Gasteiger partial charge in [-0.05, 0) is 30.0 Å². The molecule has 32 heavy (non-hydrogen) atoms. The number of rotatable bonds is 6. The highest BCUT2D eigenvalue weighted by atomic mass is 16.3. The molecule has 1 heterocycles. The van der Waals surface area contributed by atoms with Gasteiger partial charge in [-0.3, -0.25) is 9.59 Å². The standard InChI is InChI=1S/C25H28N4O3/c26-16-19(13-17-7-3-1-4-8-17)28-23(32)24(11-5-2-6-12-24)25(22(27)31)15-18-9-10-20(30)14-21(18)29-25/h1,3-4,7-10,14,19,29-30H,2,5-6,11-13,15H2,(H2,27,31)(H,28,32)/t19-,25-/m0/s1. The molecule has 7 nitrogen and oxygen atoms in total. The number of carbonyl (C=O) groups is 2. The van der Waals surface area contributed by atoms with Gasteiger partial charge in [0.2, 0.25) is 11.8 Å². The number of primary amides is 1. The molecule has 2 atom stereocenters. The van der Waals surface area contributed by atoms with Gasteiger partial charge in [-0.2, -0.15) is 5.26 Å². The zero-order chi connectivity index (χ0) is 22.8. The molecule has 2 aromatic carbocycles. The molecular formula is C25H28N4O3. The Kier molecular flexibility index (Phi) is 5.79. The van der Waals surface area contributed by atoms with Crippen LogP contribution in [-0.4, -0.2) is 28.5 Å². The first-order chi connectivity index (χ1) is 15.4. The van der Waals surface area contributed by atoms with E-state index < -0.39 is 22.9 Å². The van der Waals surface area contributed by atoms with Crippen molar-refractivity contribution in [2.45, 2.75) is 56.5 Å². The number of amides is 2. The highest BCUT2D eigenvalue weighted by Gasteiger charge is 2.62. The van der Waals surface area contributed by atoms with Gasteiger partial charge in [-0.1, -0.05) is 55.7 Å². The highest BCUT2D eigenvalue weighted by Crippen LogP contribution is 2.52. The second-order valence-corrected chi connectivity index (χ2v) is 8.90. The number of nitriles is 1. The van der Waals surface area contributed by atoms with Crippen molar-refractivity contribution >= 4 is 17.5 Å². The van der Waals surface area contributed by atoms with Crippen LogP contribution in [0.25, 0.3) is 0 Å². The molecule has 1 fully saturated rings. The summed E-state index contributed by atoms with van der Waals surface area (Å²) in [4.78, 5) is 26.8. The van der Waals surface area contributed by atoms with E-state index in [1.54, 1.807) is 18.2 Å². The number of benzene rings is 2. The Bertz CT molecular complexity index is 1060. The van der Waals surface area contributed by atoms with Crippen molar-refractivity contribution in [2.24, 2.45) is 11.1 Å². The zero-order valence-electron chi connectivity index (χ0n) is 17.9. The summed E-state index contributed by atoms with van der Waals surface area (Å²) in [5.74, 6) is -0.837. The average Bonchev–Trinajstić information content (AvgIpc) is 3.20. The molecule has 166 valence electrons. The number of hydrogen-bond acceptors (Lipinski definition) is 5. The monoisotopic (exact) mass is 432 g/mol. The normalized spacial score (nSPS) is 22.1. The summed E-state index contributed by atoms with van der Waals surface area (Å²) in [7, 11) is 0. The Morgan fingerprint density at radius 1 is 1.16 bits per heavy atom. The molecule has 0 spiro atoms. The molecule has 0 saturated heterocycles. The quantitative estimate of drug-likeness (QED) is 0.558. The average molecular weight is 433 g/mol. The van der Waals surface area contributed by atoms with Crippen LogP contribution in [0.3, 0.4) is 0 Å². The van der Waals surface area contributed by atoms with Gasteiger partial charge in [0.05, 0.1) is 11.5 Å². The fourth-order valence-corrected chi connectivity index (χ4v) is 5.35. The van der Waals surface area contributed by atoms with E-state index >= 15 is 0 Å². The van der Waals surface area contributed by atoms with Gasteiger partial charge in [-0.15, -0.1) is 0 Å². The SMILES string of the molecule is N#C[C@H](Cc1ccccc1)NC(=O)C1([C@@]2(C(N)=O)Cc3ccc(O)cc3N2)CCCCC1. The molecule has 1 aliphatic heterocycles. The van der Waals surface area contributed by atoms with Crippen LogP contribution in [0.5, 0.6) is 5.75 Å². The molecule has 0 bridgehead atoms. The Balaban J connectivity index is 1.67. The van der Waals surface area contributed by atoms with Crippen molar-refractivity contribution < 1.29 is 14.7 Å². The number of fused-ring (bicyclic) bond motifs is 1. The van der Waals surface area contributed by atoms with Gasteiger partial charge in [0, 0.05) is 24.6 Å². The number of anilines is 1. The molecule has 2 aromatic rings. The fraction of sp³-hybridized carbons (Fsp3) is 0.400. The molecule has 1 saturated carbocycles. The second kappa shape index (κ2) is 8.54. The van der Waals surface area contributed by atoms with Crippen LogP contribution in [0.1, 0.15) is 43.2 Å². The molecule has 2 amide bonds. The largest absolute Gasteiger partial charge is 0.508 e. The van der Waals surface area contributed by atoms with Crippen molar-refractivity contribution in [1.82, 2.24) is 5.32 Å². The first-order valence-electron chi connectivity index (χ1n) is 11.0. The predicted molar refractivity (Wildman–Crippen MR) is 121 cm³/mol. The number of hydrogen-bond donors (Lipinski definition) is 4. The maximum absolute atomic E-state index is 13.8. The lowest BCUT2D eigenvalue weighted by Gasteiger charge is -2.48. The van der Waals surface area contributed by atoms with Crippen LogP contribution in [0.15, 0.2) is 48.5 Å². The number of nitrogens with two attached hydrogens (primary N) is 1. The lowest BCUT2D eigenvalue weighted by atomic mass is 9.59. The minimum atomic E-state index is -1.32. The van der Waals surface area contributed by atoms with Gasteiger partial charge < -0.3 is 21.5 Å². The molecule has 1 aliphatic carbocycles. The lowest BCUT2D eigenvalue weighted by molar-refractivity contribution is -0.144. The van der Waals surface area contributed by atoms with Crippen LogP contribution in [0, 0.1) is 16.7 Å². The summed E-state index contributed by atoms with van der Waals surface area (Å²) in [6.45, 7) is 0. The minimum absolute atomic E-state index is 0.0751. The summed E-state index contributed by atoms with van der Waals surface area (Å²) < 4.78 is 0. The number of nitrogens with one attached hydrogen (secondary N) is 2. The number of nitrogens with zero attached hydrogens (tertiary/aromatic N) is 1. The molecule has 0 unspecified atom stereocenters. The Morgan fingerprint density at radius 2 is 1.88 bits per heavy atom. The smallest absolute Gasteiger partial charge is 0.244 e. The highest BCUT2D eigenvalue weighted by molar-refractivity contribution is 6.00. The van der Waals surface area contributed by atoms with Crippen molar-refractivity contribution in [3.05, 3.63) is 59.7 Å². The lowest BCUT2D eigenvalue weighted by Crippen LogP contribution is -2.67. The zero-order valence-corrected chi connectivity index (χ0v) is 17.9. The van der Waals surface area contributed by atoms with E-state index in [1.807, 2.05) is 30.3 Å². The van der Waals surface area contributed by atoms with E-state index in [0.29, 0.717) is 24.9 Å². The fourth-order valence-electron chi connectivity index (χ4n) is 5.35. The van der Waals surface area contributed by atoms with Crippen LogP contribution >= 0.6 is 0 Å². The first kappa shape index (κ1) is 21.7. The summed E-state index contributed by atoms with van der Waals surface area (Å²) in [6.07, 6.45) is 4.20. The van der Waals surface area contributed by atoms with Crippen molar-refractivity contribution in [3.8, 4) is 11.8 Å².